The van der Waals surface area contributed by atoms with E-state index in [4.69, 9.17) is 0 Å². The molecule has 0 bridgehead atoms. The van der Waals surface area contributed by atoms with Crippen LogP contribution in [0.1, 0.15) is 5.56 Å². The summed E-state index contributed by atoms with van der Waals surface area (Å²) in [5.41, 5.74) is 4.36. The molecule has 0 amide bonds. The average molecular weight is 361 g/mol. The molecule has 0 aliphatic rings. The van der Waals surface area contributed by atoms with Crippen LogP contribution in [-0.4, -0.2) is 14.8 Å². The minimum Gasteiger partial charge on any atom is -0.275 e. The third kappa shape index (κ3) is 2.87. The van der Waals surface area contributed by atoms with Gasteiger partial charge in [-0.05, 0) is 42.0 Å². The molecule has 0 atom stereocenters. The fraction of sp³-hybridized carbons (Fsp3) is 0.0400. The summed E-state index contributed by atoms with van der Waals surface area (Å²) in [6.07, 6.45) is 0. The SMILES string of the molecule is Cc1cccc(-c2nnc(-c3ccc4ccccc4c3)n2-c2ccccc2)c1. The first kappa shape index (κ1) is 16.5. The lowest BCUT2D eigenvalue weighted by atomic mass is 10.1. The molecule has 5 rings (SSSR count). The lowest BCUT2D eigenvalue weighted by molar-refractivity contribution is 1.07. The molecule has 0 aliphatic carbocycles. The van der Waals surface area contributed by atoms with Crippen LogP contribution in [0.5, 0.6) is 0 Å². The third-order valence-electron chi connectivity index (χ3n) is 4.96. The van der Waals surface area contributed by atoms with Crippen LogP contribution in [0.15, 0.2) is 97.1 Å². The van der Waals surface area contributed by atoms with Crippen molar-refractivity contribution in [3.8, 4) is 28.5 Å². The van der Waals surface area contributed by atoms with Crippen molar-refractivity contribution >= 4 is 10.8 Å². The summed E-state index contributed by atoms with van der Waals surface area (Å²) in [5, 5.41) is 11.6. The highest BCUT2D eigenvalue weighted by Gasteiger charge is 2.17. The number of para-hydroxylation sites is 1. The van der Waals surface area contributed by atoms with Gasteiger partial charge in [0.15, 0.2) is 11.6 Å². The molecular weight excluding hydrogens is 342 g/mol. The standard InChI is InChI=1S/C25H19N3/c1-18-8-7-11-21(16-18)24-26-27-25(28(24)23-12-3-2-4-13-23)22-15-14-19-9-5-6-10-20(19)17-22/h2-17H,1H3. The molecule has 1 heterocycles. The van der Waals surface area contributed by atoms with Crippen LogP contribution in [0, 0.1) is 6.92 Å². The maximum absolute atomic E-state index is 4.59. The molecule has 1 aromatic heterocycles. The highest BCUT2D eigenvalue weighted by Crippen LogP contribution is 2.30. The summed E-state index contributed by atoms with van der Waals surface area (Å²) in [5.74, 6) is 1.69. The molecule has 5 aromatic rings. The van der Waals surface area contributed by atoms with Crippen molar-refractivity contribution in [2.45, 2.75) is 6.92 Å². The van der Waals surface area contributed by atoms with Crippen molar-refractivity contribution in [3.05, 3.63) is 103 Å². The lowest BCUT2D eigenvalue weighted by Crippen LogP contribution is -2.00. The van der Waals surface area contributed by atoms with Crippen LogP contribution in [0.3, 0.4) is 0 Å². The van der Waals surface area contributed by atoms with E-state index in [9.17, 15) is 0 Å². The normalized spacial score (nSPS) is 11.0. The minimum absolute atomic E-state index is 0.841. The van der Waals surface area contributed by atoms with Gasteiger partial charge in [-0.15, -0.1) is 10.2 Å². The molecule has 3 heteroatoms. The smallest absolute Gasteiger partial charge is 0.168 e. The Morgan fingerprint density at radius 2 is 1.25 bits per heavy atom. The Bertz CT molecular complexity index is 1270. The molecule has 0 N–H and O–H groups in total. The molecule has 0 radical (unpaired) electrons. The zero-order valence-electron chi connectivity index (χ0n) is 15.6. The molecular formula is C25H19N3. The first-order valence-electron chi connectivity index (χ1n) is 9.37. The van der Waals surface area contributed by atoms with Gasteiger partial charge < -0.3 is 0 Å². The fourth-order valence-electron chi connectivity index (χ4n) is 3.59. The van der Waals surface area contributed by atoms with Crippen LogP contribution in [0.25, 0.3) is 39.2 Å². The maximum atomic E-state index is 4.59. The molecule has 0 saturated carbocycles. The summed E-state index contributed by atoms with van der Waals surface area (Å²) < 4.78 is 2.14. The molecule has 4 aromatic carbocycles. The predicted octanol–water partition coefficient (Wildman–Crippen LogP) is 6.06. The molecule has 3 nitrogen and oxygen atoms in total. The Labute approximate surface area is 163 Å². The summed E-state index contributed by atoms with van der Waals surface area (Å²) in [7, 11) is 0. The van der Waals surface area contributed by atoms with Gasteiger partial charge in [0, 0.05) is 16.8 Å². The third-order valence-corrected chi connectivity index (χ3v) is 4.96. The van der Waals surface area contributed by atoms with E-state index in [2.05, 4.69) is 101 Å². The van der Waals surface area contributed by atoms with Gasteiger partial charge in [-0.1, -0.05) is 78.4 Å². The largest absolute Gasteiger partial charge is 0.275 e. The van der Waals surface area contributed by atoms with Crippen molar-refractivity contribution in [2.75, 3.05) is 0 Å². The summed E-state index contributed by atoms with van der Waals surface area (Å²) in [6, 6.07) is 33.5. The van der Waals surface area contributed by atoms with E-state index in [-0.39, 0.29) is 0 Å². The van der Waals surface area contributed by atoms with Gasteiger partial charge >= 0.3 is 0 Å². The van der Waals surface area contributed by atoms with Gasteiger partial charge in [0.1, 0.15) is 0 Å². The Morgan fingerprint density at radius 3 is 2.00 bits per heavy atom. The molecule has 0 aliphatic heterocycles. The minimum atomic E-state index is 0.841. The van der Waals surface area contributed by atoms with Gasteiger partial charge in [0.05, 0.1) is 0 Å². The van der Waals surface area contributed by atoms with E-state index in [1.54, 1.807) is 0 Å². The topological polar surface area (TPSA) is 30.7 Å². The highest BCUT2D eigenvalue weighted by atomic mass is 15.3. The molecule has 0 saturated heterocycles. The number of hydrogen-bond acceptors (Lipinski definition) is 2. The van der Waals surface area contributed by atoms with Gasteiger partial charge in [-0.2, -0.15) is 0 Å². The second-order valence-corrected chi connectivity index (χ2v) is 6.95. The second kappa shape index (κ2) is 6.78. The van der Waals surface area contributed by atoms with Gasteiger partial charge in [0.25, 0.3) is 0 Å². The van der Waals surface area contributed by atoms with Gasteiger partial charge in [0.2, 0.25) is 0 Å². The van der Waals surface area contributed by atoms with Crippen molar-refractivity contribution in [2.24, 2.45) is 0 Å². The van der Waals surface area contributed by atoms with Crippen molar-refractivity contribution in [3.63, 3.8) is 0 Å². The molecule has 28 heavy (non-hydrogen) atoms. The number of benzene rings is 4. The molecule has 0 unspecified atom stereocenters. The Balaban J connectivity index is 1.76. The zero-order chi connectivity index (χ0) is 18.9. The van der Waals surface area contributed by atoms with Crippen molar-refractivity contribution in [1.82, 2.24) is 14.8 Å². The van der Waals surface area contributed by atoms with Crippen LogP contribution >= 0.6 is 0 Å². The number of fused-ring (bicyclic) bond motifs is 1. The van der Waals surface area contributed by atoms with Crippen molar-refractivity contribution < 1.29 is 0 Å². The Hall–Kier alpha value is -3.72. The van der Waals surface area contributed by atoms with E-state index >= 15 is 0 Å². The van der Waals surface area contributed by atoms with E-state index in [0.29, 0.717) is 0 Å². The van der Waals surface area contributed by atoms with E-state index in [0.717, 1.165) is 28.5 Å². The van der Waals surface area contributed by atoms with Gasteiger partial charge in [-0.3, -0.25) is 4.57 Å². The van der Waals surface area contributed by atoms with E-state index in [1.807, 2.05) is 18.2 Å². The number of aryl methyl sites for hydroxylation is 1. The first-order valence-corrected chi connectivity index (χ1v) is 9.37. The molecule has 134 valence electrons. The quantitative estimate of drug-likeness (QED) is 0.391. The second-order valence-electron chi connectivity index (χ2n) is 6.95. The van der Waals surface area contributed by atoms with E-state index in [1.165, 1.54) is 16.3 Å². The fourth-order valence-corrected chi connectivity index (χ4v) is 3.59. The van der Waals surface area contributed by atoms with E-state index < -0.39 is 0 Å². The number of aromatic nitrogens is 3. The average Bonchev–Trinajstić information content (AvgIpc) is 3.19. The van der Waals surface area contributed by atoms with Crippen molar-refractivity contribution in [1.29, 1.82) is 0 Å². The van der Waals surface area contributed by atoms with Crippen LogP contribution in [0.2, 0.25) is 0 Å². The van der Waals surface area contributed by atoms with Crippen LogP contribution in [0.4, 0.5) is 0 Å². The molecule has 0 fully saturated rings. The summed E-state index contributed by atoms with van der Waals surface area (Å²) in [4.78, 5) is 0. The van der Waals surface area contributed by atoms with Crippen LogP contribution < -0.4 is 0 Å². The Morgan fingerprint density at radius 1 is 0.571 bits per heavy atom. The highest BCUT2D eigenvalue weighted by molar-refractivity contribution is 5.86. The summed E-state index contributed by atoms with van der Waals surface area (Å²) >= 11 is 0. The van der Waals surface area contributed by atoms with Crippen LogP contribution in [-0.2, 0) is 0 Å². The number of rotatable bonds is 3. The Kier molecular flexibility index (Phi) is 3.99. The predicted molar refractivity (Wildman–Crippen MR) is 114 cm³/mol. The lowest BCUT2D eigenvalue weighted by Gasteiger charge is -2.11. The number of hydrogen-bond donors (Lipinski definition) is 0. The molecule has 0 spiro atoms. The monoisotopic (exact) mass is 361 g/mol. The zero-order valence-corrected chi connectivity index (χ0v) is 15.6. The van der Waals surface area contributed by atoms with Gasteiger partial charge in [-0.25, -0.2) is 0 Å². The maximum Gasteiger partial charge on any atom is 0.168 e. The first-order chi connectivity index (χ1) is 13.8. The number of nitrogens with zero attached hydrogens (tertiary/aromatic N) is 3. The summed E-state index contributed by atoms with van der Waals surface area (Å²) in [6.45, 7) is 2.09.